The van der Waals surface area contributed by atoms with Gasteiger partial charge in [-0.25, -0.2) is 0 Å². The van der Waals surface area contributed by atoms with Gasteiger partial charge in [0.1, 0.15) is 0 Å². The first kappa shape index (κ1) is 12.6. The van der Waals surface area contributed by atoms with Crippen molar-refractivity contribution in [2.24, 2.45) is 7.05 Å². The zero-order valence-electron chi connectivity index (χ0n) is 11.0. The summed E-state index contributed by atoms with van der Waals surface area (Å²) in [5, 5.41) is 15.5. The van der Waals surface area contributed by atoms with Gasteiger partial charge in [0, 0.05) is 12.1 Å². The Morgan fingerprint density at radius 1 is 1.39 bits per heavy atom. The summed E-state index contributed by atoms with van der Waals surface area (Å²) in [6.45, 7) is 4.94. The quantitative estimate of drug-likeness (QED) is 0.845. The average molecular weight is 246 g/mol. The zero-order valence-corrected chi connectivity index (χ0v) is 11.0. The Morgan fingerprint density at radius 3 is 2.83 bits per heavy atom. The highest BCUT2D eigenvalue weighted by Gasteiger charge is 2.15. The predicted octanol–water partition coefficient (Wildman–Crippen LogP) is 0.807. The van der Waals surface area contributed by atoms with Gasteiger partial charge in [-0.3, -0.25) is 4.98 Å². The topological polar surface area (TPSA) is 68.5 Å². The number of likely N-dealkylation sites (N-methyl/N-ethyl adjacent to an activating group) is 1. The van der Waals surface area contributed by atoms with Crippen molar-refractivity contribution >= 4 is 0 Å². The molecular formula is C12H18N6. The van der Waals surface area contributed by atoms with Crippen molar-refractivity contribution in [2.45, 2.75) is 26.3 Å². The first-order chi connectivity index (χ1) is 8.69. The first-order valence-corrected chi connectivity index (χ1v) is 6.09. The lowest BCUT2D eigenvalue weighted by molar-refractivity contribution is 0.522. The van der Waals surface area contributed by atoms with E-state index in [1.165, 1.54) is 4.80 Å². The molecule has 0 saturated carbocycles. The van der Waals surface area contributed by atoms with E-state index in [2.05, 4.69) is 32.6 Å². The molecule has 1 unspecified atom stereocenters. The molecule has 18 heavy (non-hydrogen) atoms. The normalized spacial score (nSPS) is 12.6. The largest absolute Gasteiger partial charge is 0.309 e. The lowest BCUT2D eigenvalue weighted by Crippen LogP contribution is -2.24. The predicted molar refractivity (Wildman–Crippen MR) is 67.9 cm³/mol. The van der Waals surface area contributed by atoms with Crippen molar-refractivity contribution in [2.75, 3.05) is 6.54 Å². The van der Waals surface area contributed by atoms with Crippen LogP contribution < -0.4 is 5.32 Å². The molecule has 0 fully saturated rings. The van der Waals surface area contributed by atoms with Crippen molar-refractivity contribution in [3.63, 3.8) is 0 Å². The maximum Gasteiger partial charge on any atom is 0.176 e. The Kier molecular flexibility index (Phi) is 3.99. The van der Waals surface area contributed by atoms with Gasteiger partial charge in [0.15, 0.2) is 5.82 Å². The summed E-state index contributed by atoms with van der Waals surface area (Å²) >= 11 is 0. The fourth-order valence-electron chi connectivity index (χ4n) is 1.87. The standard InChI is InChI=1S/C12H18N6/c1-4-13-11(8-12-15-17-18(3)16-12)10-7-5-6-9(2)14-10/h5-7,11,13H,4,8H2,1-3H3. The Labute approximate surface area is 106 Å². The smallest absolute Gasteiger partial charge is 0.176 e. The number of aromatic nitrogens is 5. The van der Waals surface area contributed by atoms with E-state index in [9.17, 15) is 0 Å². The molecule has 1 N–H and O–H groups in total. The molecule has 96 valence electrons. The van der Waals surface area contributed by atoms with Gasteiger partial charge < -0.3 is 5.32 Å². The summed E-state index contributed by atoms with van der Waals surface area (Å²) in [5.74, 6) is 0.728. The Morgan fingerprint density at radius 2 is 2.22 bits per heavy atom. The molecule has 2 aromatic heterocycles. The van der Waals surface area contributed by atoms with Gasteiger partial charge in [-0.2, -0.15) is 4.80 Å². The van der Waals surface area contributed by atoms with E-state index < -0.39 is 0 Å². The van der Waals surface area contributed by atoms with Crippen LogP contribution in [-0.4, -0.2) is 31.7 Å². The van der Waals surface area contributed by atoms with Gasteiger partial charge in [0.2, 0.25) is 0 Å². The SMILES string of the molecule is CCNC(Cc1nnn(C)n1)c1cccc(C)n1. The van der Waals surface area contributed by atoms with Crippen LogP contribution in [0.5, 0.6) is 0 Å². The van der Waals surface area contributed by atoms with Crippen LogP contribution in [0.1, 0.15) is 30.2 Å². The number of tetrazole rings is 1. The molecule has 0 spiro atoms. The number of hydrogen-bond acceptors (Lipinski definition) is 5. The summed E-state index contributed by atoms with van der Waals surface area (Å²) in [6, 6.07) is 6.16. The van der Waals surface area contributed by atoms with Gasteiger partial charge in [-0.1, -0.05) is 13.0 Å². The molecule has 0 aliphatic heterocycles. The van der Waals surface area contributed by atoms with Crippen molar-refractivity contribution in [1.82, 2.24) is 30.5 Å². The Bertz CT molecular complexity index is 507. The van der Waals surface area contributed by atoms with Crippen LogP contribution in [0.4, 0.5) is 0 Å². The molecule has 6 heteroatoms. The Balaban J connectivity index is 2.17. The third-order valence-electron chi connectivity index (χ3n) is 2.65. The molecule has 2 rings (SSSR count). The fraction of sp³-hybridized carbons (Fsp3) is 0.500. The zero-order chi connectivity index (χ0) is 13.0. The van der Waals surface area contributed by atoms with E-state index in [1.807, 2.05) is 25.1 Å². The Hall–Kier alpha value is -1.82. The number of aryl methyl sites for hydroxylation is 2. The van der Waals surface area contributed by atoms with E-state index >= 15 is 0 Å². The minimum absolute atomic E-state index is 0.124. The number of rotatable bonds is 5. The minimum Gasteiger partial charge on any atom is -0.309 e. The van der Waals surface area contributed by atoms with Crippen LogP contribution in [-0.2, 0) is 13.5 Å². The number of pyridine rings is 1. The van der Waals surface area contributed by atoms with Crippen LogP contribution >= 0.6 is 0 Å². The molecule has 0 saturated heterocycles. The molecule has 0 amide bonds. The lowest BCUT2D eigenvalue weighted by atomic mass is 10.1. The van der Waals surface area contributed by atoms with Crippen LogP contribution in [0.3, 0.4) is 0 Å². The molecule has 0 aliphatic carbocycles. The molecule has 6 nitrogen and oxygen atoms in total. The van der Waals surface area contributed by atoms with Crippen LogP contribution in [0.2, 0.25) is 0 Å². The molecular weight excluding hydrogens is 228 g/mol. The van der Waals surface area contributed by atoms with Gasteiger partial charge in [-0.05, 0) is 30.8 Å². The highest BCUT2D eigenvalue weighted by Crippen LogP contribution is 2.14. The molecule has 0 radical (unpaired) electrons. The second-order valence-electron chi connectivity index (χ2n) is 4.21. The highest BCUT2D eigenvalue weighted by atomic mass is 15.6. The molecule has 0 bridgehead atoms. The van der Waals surface area contributed by atoms with E-state index in [4.69, 9.17) is 0 Å². The fourth-order valence-corrected chi connectivity index (χ4v) is 1.87. The van der Waals surface area contributed by atoms with Crippen molar-refractivity contribution in [3.05, 3.63) is 35.4 Å². The van der Waals surface area contributed by atoms with E-state index in [1.54, 1.807) is 7.05 Å². The van der Waals surface area contributed by atoms with Crippen LogP contribution in [0.25, 0.3) is 0 Å². The van der Waals surface area contributed by atoms with Gasteiger partial charge >= 0.3 is 0 Å². The van der Waals surface area contributed by atoms with Gasteiger partial charge in [0.05, 0.1) is 18.8 Å². The minimum atomic E-state index is 0.124. The van der Waals surface area contributed by atoms with E-state index in [0.717, 1.165) is 23.8 Å². The highest BCUT2D eigenvalue weighted by molar-refractivity contribution is 5.14. The summed E-state index contributed by atoms with van der Waals surface area (Å²) < 4.78 is 0. The second kappa shape index (κ2) is 5.68. The maximum atomic E-state index is 4.55. The van der Waals surface area contributed by atoms with Crippen molar-refractivity contribution in [3.8, 4) is 0 Å². The van der Waals surface area contributed by atoms with Crippen LogP contribution in [0, 0.1) is 6.92 Å². The monoisotopic (exact) mass is 246 g/mol. The molecule has 0 aliphatic rings. The van der Waals surface area contributed by atoms with Gasteiger partial charge in [0.25, 0.3) is 0 Å². The second-order valence-corrected chi connectivity index (χ2v) is 4.21. The third kappa shape index (κ3) is 3.10. The maximum absolute atomic E-state index is 4.55. The van der Waals surface area contributed by atoms with Crippen molar-refractivity contribution in [1.29, 1.82) is 0 Å². The third-order valence-corrected chi connectivity index (χ3v) is 2.65. The van der Waals surface area contributed by atoms with Crippen LogP contribution in [0.15, 0.2) is 18.2 Å². The number of hydrogen-bond donors (Lipinski definition) is 1. The summed E-state index contributed by atoms with van der Waals surface area (Å²) in [5.41, 5.74) is 2.03. The molecule has 1 atom stereocenters. The molecule has 0 aromatic carbocycles. The number of nitrogens with zero attached hydrogens (tertiary/aromatic N) is 5. The van der Waals surface area contributed by atoms with E-state index in [0.29, 0.717) is 6.42 Å². The summed E-state index contributed by atoms with van der Waals surface area (Å²) in [7, 11) is 1.77. The first-order valence-electron chi connectivity index (χ1n) is 6.09. The molecule has 2 aromatic rings. The average Bonchev–Trinajstić information content (AvgIpc) is 2.74. The molecule has 2 heterocycles. The number of nitrogens with one attached hydrogen (secondary N) is 1. The van der Waals surface area contributed by atoms with Crippen molar-refractivity contribution < 1.29 is 0 Å². The lowest BCUT2D eigenvalue weighted by Gasteiger charge is -2.15. The summed E-state index contributed by atoms with van der Waals surface area (Å²) in [4.78, 5) is 6.02. The summed E-state index contributed by atoms with van der Waals surface area (Å²) in [6.07, 6.45) is 0.693. The van der Waals surface area contributed by atoms with E-state index in [-0.39, 0.29) is 6.04 Å². The van der Waals surface area contributed by atoms with Gasteiger partial charge in [-0.15, -0.1) is 10.2 Å².